The molecule has 0 aliphatic heterocycles. The number of hydrogen-bond acceptors (Lipinski definition) is 5. The summed E-state index contributed by atoms with van der Waals surface area (Å²) in [5.41, 5.74) is 3.12. The molecule has 3 rings (SSSR count). The van der Waals surface area contributed by atoms with Crippen LogP contribution in [0.3, 0.4) is 0 Å². The third kappa shape index (κ3) is 3.86. The minimum atomic E-state index is -0.438. The first-order valence-electron chi connectivity index (χ1n) is 10.9. The highest BCUT2D eigenvalue weighted by Crippen LogP contribution is 2.60. The van der Waals surface area contributed by atoms with Gasteiger partial charge in [-0.15, -0.1) is 0 Å². The molecule has 5 unspecified atom stereocenters. The number of allylic oxidation sites excluding steroid dienone is 2. The van der Waals surface area contributed by atoms with Crippen molar-refractivity contribution in [2.45, 2.75) is 79.9 Å². The van der Waals surface area contributed by atoms with E-state index in [4.69, 9.17) is 13.9 Å². The standard InChI is InChI=1S/C25H34O5/c1-8-15(4)24(27)29-19-10-9-18-12-20-22(16(5)13-28-20)23(25(18,7)17(19)6)30-21(26)11-14(2)3/h8,11,13,17-19,23H,9-10,12H2,1-7H3. The number of esters is 2. The van der Waals surface area contributed by atoms with E-state index in [1.165, 1.54) is 6.08 Å². The van der Waals surface area contributed by atoms with Crippen molar-refractivity contribution in [3.8, 4) is 0 Å². The minimum absolute atomic E-state index is 0.0248. The Bertz CT molecular complexity index is 885. The molecule has 30 heavy (non-hydrogen) atoms. The Kier molecular flexibility index (Phi) is 6.30. The van der Waals surface area contributed by atoms with Gasteiger partial charge in [0.05, 0.1) is 6.26 Å². The van der Waals surface area contributed by atoms with Crippen LogP contribution in [0.4, 0.5) is 0 Å². The van der Waals surface area contributed by atoms with Crippen molar-refractivity contribution < 1.29 is 23.5 Å². The molecule has 164 valence electrons. The van der Waals surface area contributed by atoms with Gasteiger partial charge < -0.3 is 13.9 Å². The Morgan fingerprint density at radius 2 is 1.90 bits per heavy atom. The molecule has 5 nitrogen and oxygen atoms in total. The first kappa shape index (κ1) is 22.4. The van der Waals surface area contributed by atoms with E-state index in [1.807, 2.05) is 27.7 Å². The predicted molar refractivity (Wildman–Crippen MR) is 115 cm³/mol. The highest BCUT2D eigenvalue weighted by atomic mass is 16.6. The number of carbonyl (C=O) groups is 2. The number of furan rings is 1. The van der Waals surface area contributed by atoms with Crippen molar-refractivity contribution >= 4 is 11.9 Å². The average Bonchev–Trinajstić information content (AvgIpc) is 3.04. The van der Waals surface area contributed by atoms with E-state index in [-0.39, 0.29) is 35.3 Å². The SMILES string of the molecule is CC=C(C)C(=O)OC1CCC2Cc3occ(C)c3C(OC(=O)C=C(C)C)C2(C)C1C. The summed E-state index contributed by atoms with van der Waals surface area (Å²) in [5, 5.41) is 0. The molecular formula is C25H34O5. The maximum atomic E-state index is 12.7. The Labute approximate surface area is 179 Å². The van der Waals surface area contributed by atoms with E-state index in [0.29, 0.717) is 5.57 Å². The molecule has 0 aromatic carbocycles. The van der Waals surface area contributed by atoms with E-state index in [2.05, 4.69) is 13.8 Å². The number of rotatable bonds is 4. The van der Waals surface area contributed by atoms with Crippen molar-refractivity contribution in [1.29, 1.82) is 0 Å². The van der Waals surface area contributed by atoms with Gasteiger partial charge in [-0.1, -0.05) is 25.5 Å². The smallest absolute Gasteiger partial charge is 0.333 e. The minimum Gasteiger partial charge on any atom is -0.469 e. The molecule has 0 radical (unpaired) electrons. The van der Waals surface area contributed by atoms with E-state index >= 15 is 0 Å². The first-order valence-corrected chi connectivity index (χ1v) is 10.9. The first-order chi connectivity index (χ1) is 14.1. The monoisotopic (exact) mass is 414 g/mol. The normalized spacial score (nSPS) is 30.7. The number of aryl methyl sites for hydroxylation is 1. The van der Waals surface area contributed by atoms with Gasteiger partial charge in [0, 0.05) is 35.0 Å². The molecule has 1 saturated carbocycles. The van der Waals surface area contributed by atoms with Gasteiger partial charge in [-0.25, -0.2) is 9.59 Å². The fourth-order valence-corrected chi connectivity index (χ4v) is 5.11. The highest BCUT2D eigenvalue weighted by Gasteiger charge is 2.57. The molecule has 0 N–H and O–H groups in total. The predicted octanol–water partition coefficient (Wildman–Crippen LogP) is 5.63. The summed E-state index contributed by atoms with van der Waals surface area (Å²) >= 11 is 0. The van der Waals surface area contributed by atoms with Crippen molar-refractivity contribution in [2.24, 2.45) is 17.3 Å². The molecule has 0 spiro atoms. The third-order valence-electron chi connectivity index (χ3n) is 7.23. The largest absolute Gasteiger partial charge is 0.469 e. The van der Waals surface area contributed by atoms with Crippen LogP contribution >= 0.6 is 0 Å². The summed E-state index contributed by atoms with van der Waals surface area (Å²) in [6, 6.07) is 0. The Morgan fingerprint density at radius 3 is 2.53 bits per heavy atom. The lowest BCUT2D eigenvalue weighted by atomic mass is 9.53. The van der Waals surface area contributed by atoms with E-state index in [0.717, 1.165) is 41.7 Å². The summed E-state index contributed by atoms with van der Waals surface area (Å²) < 4.78 is 17.9. The summed E-state index contributed by atoms with van der Waals surface area (Å²) in [5.74, 6) is 0.608. The van der Waals surface area contributed by atoms with Gasteiger partial charge in [-0.3, -0.25) is 0 Å². The lowest BCUT2D eigenvalue weighted by Crippen LogP contribution is -2.53. The van der Waals surface area contributed by atoms with Crippen LogP contribution in [-0.4, -0.2) is 18.0 Å². The van der Waals surface area contributed by atoms with Gasteiger partial charge in [-0.05, 0) is 58.9 Å². The third-order valence-corrected chi connectivity index (χ3v) is 7.23. The zero-order valence-electron chi connectivity index (χ0n) is 19.2. The topological polar surface area (TPSA) is 65.7 Å². The second-order valence-electron chi connectivity index (χ2n) is 9.34. The molecule has 1 heterocycles. The fraction of sp³-hybridized carbons (Fsp3) is 0.600. The Hall–Kier alpha value is -2.30. The van der Waals surface area contributed by atoms with Crippen LogP contribution < -0.4 is 0 Å². The zero-order valence-corrected chi connectivity index (χ0v) is 19.2. The molecule has 5 atom stereocenters. The van der Waals surface area contributed by atoms with Gasteiger partial charge in [0.2, 0.25) is 0 Å². The molecule has 1 aromatic rings. The van der Waals surface area contributed by atoms with Gasteiger partial charge in [0.15, 0.2) is 0 Å². The lowest BCUT2D eigenvalue weighted by Gasteiger charge is -2.54. The molecule has 1 fully saturated rings. The Balaban J connectivity index is 1.99. The van der Waals surface area contributed by atoms with Crippen molar-refractivity contribution in [3.63, 3.8) is 0 Å². The molecular weight excluding hydrogens is 380 g/mol. The van der Waals surface area contributed by atoms with Crippen molar-refractivity contribution in [2.75, 3.05) is 0 Å². The van der Waals surface area contributed by atoms with E-state index < -0.39 is 6.10 Å². The molecule has 1 aromatic heterocycles. The van der Waals surface area contributed by atoms with Gasteiger partial charge in [-0.2, -0.15) is 0 Å². The molecule has 2 aliphatic carbocycles. The van der Waals surface area contributed by atoms with Crippen molar-refractivity contribution in [3.05, 3.63) is 46.4 Å². The number of carbonyl (C=O) groups excluding carboxylic acids is 2. The number of fused-ring (bicyclic) bond motifs is 2. The fourth-order valence-electron chi connectivity index (χ4n) is 5.11. The van der Waals surface area contributed by atoms with Gasteiger partial charge in [0.25, 0.3) is 0 Å². The summed E-state index contributed by atoms with van der Waals surface area (Å²) in [7, 11) is 0. The quantitative estimate of drug-likeness (QED) is 0.472. The number of hydrogen-bond donors (Lipinski definition) is 0. The van der Waals surface area contributed by atoms with E-state index in [9.17, 15) is 9.59 Å². The zero-order chi connectivity index (χ0) is 22.2. The summed E-state index contributed by atoms with van der Waals surface area (Å²) in [6.45, 7) is 13.7. The van der Waals surface area contributed by atoms with Crippen LogP contribution in [-0.2, 0) is 25.5 Å². The molecule has 5 heteroatoms. The summed E-state index contributed by atoms with van der Waals surface area (Å²) in [4.78, 5) is 25.1. The van der Waals surface area contributed by atoms with Crippen LogP contribution in [0.15, 0.2) is 34.0 Å². The highest BCUT2D eigenvalue weighted by molar-refractivity contribution is 5.87. The average molecular weight is 415 g/mol. The Morgan fingerprint density at radius 1 is 1.20 bits per heavy atom. The molecule has 2 aliphatic rings. The maximum absolute atomic E-state index is 12.7. The van der Waals surface area contributed by atoms with E-state index in [1.54, 1.807) is 19.3 Å². The van der Waals surface area contributed by atoms with Crippen LogP contribution in [0.25, 0.3) is 0 Å². The van der Waals surface area contributed by atoms with Crippen molar-refractivity contribution in [1.82, 2.24) is 0 Å². The van der Waals surface area contributed by atoms with Crippen LogP contribution in [0.1, 0.15) is 77.4 Å². The summed E-state index contributed by atoms with van der Waals surface area (Å²) in [6.07, 6.45) is 6.91. The lowest BCUT2D eigenvalue weighted by molar-refractivity contribution is -0.183. The molecule has 0 saturated heterocycles. The number of ether oxygens (including phenoxy) is 2. The second kappa shape index (κ2) is 8.44. The van der Waals surface area contributed by atoms with Gasteiger partial charge >= 0.3 is 11.9 Å². The second-order valence-corrected chi connectivity index (χ2v) is 9.34. The van der Waals surface area contributed by atoms with Crippen LogP contribution in [0.2, 0.25) is 0 Å². The maximum Gasteiger partial charge on any atom is 0.333 e. The van der Waals surface area contributed by atoms with Gasteiger partial charge in [0.1, 0.15) is 18.0 Å². The van der Waals surface area contributed by atoms with Crippen LogP contribution in [0, 0.1) is 24.2 Å². The van der Waals surface area contributed by atoms with Crippen LogP contribution in [0.5, 0.6) is 0 Å². The molecule has 0 bridgehead atoms. The molecule has 0 amide bonds.